The van der Waals surface area contributed by atoms with Crippen LogP contribution in [-0.4, -0.2) is 39.3 Å². The number of urea groups is 1. The van der Waals surface area contributed by atoms with Crippen LogP contribution in [0.2, 0.25) is 5.02 Å². The second-order valence-corrected chi connectivity index (χ2v) is 6.69. The van der Waals surface area contributed by atoms with E-state index in [2.05, 4.69) is 21.0 Å². The lowest BCUT2D eigenvalue weighted by atomic mass is 10.1. The van der Waals surface area contributed by atoms with Gasteiger partial charge in [0, 0.05) is 17.8 Å². The summed E-state index contributed by atoms with van der Waals surface area (Å²) in [6.45, 7) is 3.02. The van der Waals surface area contributed by atoms with Crippen molar-refractivity contribution in [3.63, 3.8) is 0 Å². The first-order valence-corrected chi connectivity index (χ1v) is 8.41. The van der Waals surface area contributed by atoms with Crippen LogP contribution in [0, 0.1) is 0 Å². The number of carboxylic acids is 1. The van der Waals surface area contributed by atoms with E-state index in [1.807, 2.05) is 0 Å². The zero-order valence-corrected chi connectivity index (χ0v) is 15.6. The van der Waals surface area contributed by atoms with E-state index in [0.717, 1.165) is 5.56 Å². The van der Waals surface area contributed by atoms with E-state index in [9.17, 15) is 14.4 Å². The molecule has 1 aromatic carbocycles. The Hall–Kier alpha value is -3.07. The Kier molecular flexibility index (Phi) is 6.40. The molecule has 0 aliphatic heterocycles. The van der Waals surface area contributed by atoms with Crippen molar-refractivity contribution < 1.29 is 19.5 Å². The fourth-order valence-electron chi connectivity index (χ4n) is 2.00. The number of hydrogen-bond donors (Lipinski definition) is 4. The van der Waals surface area contributed by atoms with E-state index >= 15 is 0 Å². The molecule has 0 atom stereocenters. The number of nitrogens with one attached hydrogen (secondary N) is 3. The van der Waals surface area contributed by atoms with Gasteiger partial charge in [0.1, 0.15) is 0 Å². The van der Waals surface area contributed by atoms with E-state index in [1.165, 1.54) is 30.9 Å². The van der Waals surface area contributed by atoms with Gasteiger partial charge in [-0.25, -0.2) is 9.59 Å². The minimum Gasteiger partial charge on any atom is -0.479 e. The Morgan fingerprint density at radius 3 is 2.48 bits per heavy atom. The quantitative estimate of drug-likeness (QED) is 0.570. The van der Waals surface area contributed by atoms with Gasteiger partial charge in [0.15, 0.2) is 5.54 Å². The van der Waals surface area contributed by atoms with Crippen LogP contribution in [0.4, 0.5) is 10.5 Å². The van der Waals surface area contributed by atoms with E-state index in [1.54, 1.807) is 24.3 Å². The third-order valence-electron chi connectivity index (χ3n) is 3.74. The summed E-state index contributed by atoms with van der Waals surface area (Å²) in [6.07, 6.45) is 2.75. The Balaban J connectivity index is 1.77. The molecule has 1 aromatic heterocycles. The van der Waals surface area contributed by atoms with E-state index in [0.29, 0.717) is 17.3 Å². The number of nitrogens with zero attached hydrogens (tertiary/aromatic N) is 2. The minimum absolute atomic E-state index is 0.250. The number of aliphatic carboxylic acids is 1. The number of carboxylic acid groups (broad SMARTS) is 1. The van der Waals surface area contributed by atoms with Crippen molar-refractivity contribution in [2.75, 3.05) is 11.9 Å². The van der Waals surface area contributed by atoms with E-state index in [-0.39, 0.29) is 6.54 Å². The summed E-state index contributed by atoms with van der Waals surface area (Å²) in [6, 6.07) is 6.51. The number of carbonyl (C=O) groups excluding carboxylic acids is 2. The summed E-state index contributed by atoms with van der Waals surface area (Å²) in [5, 5.41) is 21.3. The lowest BCUT2D eigenvalue weighted by Gasteiger charge is -2.19. The molecule has 0 saturated carbocycles. The molecule has 1 heterocycles. The molecule has 3 amide bonds. The standard InChI is InChI=1S/C17H20ClN5O4/c1-17(2,15(25)26)23-10-13(8-21-23)22-14(24)9-20-16(27)19-7-11-3-5-12(18)6-4-11/h3-6,8,10H,7,9H2,1-2H3,(H,22,24)(H,25,26)(H2,19,20,27). The highest BCUT2D eigenvalue weighted by molar-refractivity contribution is 6.30. The summed E-state index contributed by atoms with van der Waals surface area (Å²) < 4.78 is 1.23. The summed E-state index contributed by atoms with van der Waals surface area (Å²) in [5.74, 6) is -1.52. The van der Waals surface area contributed by atoms with Gasteiger partial charge in [0.25, 0.3) is 0 Å². The number of halogens is 1. The minimum atomic E-state index is -1.25. The molecule has 4 N–H and O–H groups in total. The Morgan fingerprint density at radius 2 is 1.85 bits per heavy atom. The van der Waals surface area contributed by atoms with Crippen molar-refractivity contribution >= 4 is 35.2 Å². The molecule has 10 heteroatoms. The highest BCUT2D eigenvalue weighted by atomic mass is 35.5. The van der Waals surface area contributed by atoms with Gasteiger partial charge in [-0.15, -0.1) is 0 Å². The fourth-order valence-corrected chi connectivity index (χ4v) is 2.13. The molecule has 0 aliphatic rings. The first-order valence-electron chi connectivity index (χ1n) is 8.03. The number of rotatable bonds is 7. The van der Waals surface area contributed by atoms with Crippen LogP contribution in [0.3, 0.4) is 0 Å². The van der Waals surface area contributed by atoms with Crippen LogP contribution in [0.5, 0.6) is 0 Å². The summed E-state index contributed by atoms with van der Waals surface area (Å²) in [7, 11) is 0. The SMILES string of the molecule is CC(C)(C(=O)O)n1cc(NC(=O)CNC(=O)NCc2ccc(Cl)cc2)cn1. The predicted octanol–water partition coefficient (Wildman–Crippen LogP) is 1.79. The second-order valence-electron chi connectivity index (χ2n) is 6.25. The number of hydrogen-bond acceptors (Lipinski definition) is 4. The monoisotopic (exact) mass is 393 g/mol. The van der Waals surface area contributed by atoms with Gasteiger partial charge in [0.2, 0.25) is 5.91 Å². The lowest BCUT2D eigenvalue weighted by Crippen LogP contribution is -2.39. The first-order chi connectivity index (χ1) is 12.7. The van der Waals surface area contributed by atoms with Gasteiger partial charge in [-0.2, -0.15) is 5.10 Å². The Bertz CT molecular complexity index is 832. The Morgan fingerprint density at radius 1 is 1.19 bits per heavy atom. The van der Waals surface area contributed by atoms with Gasteiger partial charge in [-0.1, -0.05) is 23.7 Å². The molecule has 9 nitrogen and oxygen atoms in total. The number of aromatic nitrogens is 2. The molecule has 0 fully saturated rings. The molecule has 0 aliphatic carbocycles. The molecule has 2 aromatic rings. The van der Waals surface area contributed by atoms with Gasteiger partial charge in [-0.3, -0.25) is 9.48 Å². The molecule has 0 unspecified atom stereocenters. The third-order valence-corrected chi connectivity index (χ3v) is 3.99. The maximum absolute atomic E-state index is 11.9. The van der Waals surface area contributed by atoms with Gasteiger partial charge in [0.05, 0.1) is 18.4 Å². The molecule has 27 heavy (non-hydrogen) atoms. The summed E-state index contributed by atoms with van der Waals surface area (Å²) in [4.78, 5) is 34.8. The molecular formula is C17H20ClN5O4. The van der Waals surface area contributed by atoms with Crippen molar-refractivity contribution in [1.82, 2.24) is 20.4 Å². The molecule has 0 radical (unpaired) electrons. The van der Waals surface area contributed by atoms with E-state index < -0.39 is 23.4 Å². The molecule has 144 valence electrons. The van der Waals surface area contributed by atoms with Crippen molar-refractivity contribution in [3.05, 3.63) is 47.2 Å². The molecule has 0 saturated heterocycles. The number of amides is 3. The highest BCUT2D eigenvalue weighted by Crippen LogP contribution is 2.17. The van der Waals surface area contributed by atoms with E-state index in [4.69, 9.17) is 16.7 Å². The van der Waals surface area contributed by atoms with Crippen molar-refractivity contribution in [2.45, 2.75) is 25.9 Å². The molecular weight excluding hydrogens is 374 g/mol. The topological polar surface area (TPSA) is 125 Å². The van der Waals surface area contributed by atoms with Crippen LogP contribution in [0.1, 0.15) is 19.4 Å². The largest absolute Gasteiger partial charge is 0.479 e. The maximum atomic E-state index is 11.9. The second kappa shape index (κ2) is 8.54. The Labute approximate surface area is 160 Å². The fraction of sp³-hybridized carbons (Fsp3) is 0.294. The number of carbonyl (C=O) groups is 3. The zero-order chi connectivity index (χ0) is 20.0. The van der Waals surface area contributed by atoms with Crippen LogP contribution < -0.4 is 16.0 Å². The number of anilines is 1. The number of benzene rings is 1. The highest BCUT2D eigenvalue weighted by Gasteiger charge is 2.30. The molecule has 0 bridgehead atoms. The van der Waals surface area contributed by atoms with Crippen LogP contribution >= 0.6 is 11.6 Å². The smallest absolute Gasteiger partial charge is 0.331 e. The average Bonchev–Trinajstić information content (AvgIpc) is 3.08. The van der Waals surface area contributed by atoms with Gasteiger partial charge >= 0.3 is 12.0 Å². The normalized spacial score (nSPS) is 10.9. The summed E-state index contributed by atoms with van der Waals surface area (Å²) in [5.41, 5.74) is -0.0480. The molecule has 0 spiro atoms. The lowest BCUT2D eigenvalue weighted by molar-refractivity contribution is -0.146. The first kappa shape index (κ1) is 20.2. The van der Waals surface area contributed by atoms with Crippen molar-refractivity contribution in [1.29, 1.82) is 0 Å². The van der Waals surface area contributed by atoms with Crippen LogP contribution in [0.25, 0.3) is 0 Å². The summed E-state index contributed by atoms with van der Waals surface area (Å²) >= 11 is 5.79. The average molecular weight is 394 g/mol. The molecule has 2 rings (SSSR count). The van der Waals surface area contributed by atoms with Crippen molar-refractivity contribution in [3.8, 4) is 0 Å². The van der Waals surface area contributed by atoms with Gasteiger partial charge < -0.3 is 21.1 Å². The zero-order valence-electron chi connectivity index (χ0n) is 14.8. The third kappa shape index (κ3) is 5.71. The van der Waals surface area contributed by atoms with Gasteiger partial charge in [-0.05, 0) is 31.5 Å². The van der Waals surface area contributed by atoms with Crippen LogP contribution in [0.15, 0.2) is 36.7 Å². The van der Waals surface area contributed by atoms with Crippen LogP contribution in [-0.2, 0) is 21.7 Å². The predicted molar refractivity (Wildman–Crippen MR) is 99.5 cm³/mol. The maximum Gasteiger partial charge on any atom is 0.331 e. The van der Waals surface area contributed by atoms with Crippen molar-refractivity contribution in [2.24, 2.45) is 0 Å².